The summed E-state index contributed by atoms with van der Waals surface area (Å²) in [4.78, 5) is 62.0. The molecule has 0 bridgehead atoms. The number of aliphatic hydroxyl groups excluding tert-OH is 4. The summed E-state index contributed by atoms with van der Waals surface area (Å²) in [6.07, 6.45) is 31.7. The fourth-order valence-corrected chi connectivity index (χ4v) is 9.68. The van der Waals surface area contributed by atoms with Gasteiger partial charge in [0.25, 0.3) is 0 Å². The first-order chi connectivity index (χ1) is 35.5. The van der Waals surface area contributed by atoms with Gasteiger partial charge in [-0.25, -0.2) is 13.9 Å². The first-order valence-corrected chi connectivity index (χ1v) is 29.5. The molecule has 1 aromatic heterocycles. The monoisotopic (exact) mass is 1090 g/mol. The fourth-order valence-electron chi connectivity index (χ4n) is 7.57. The highest BCUT2D eigenvalue weighted by Crippen LogP contribution is 2.60. The maximum atomic E-state index is 12.9. The molecule has 2 heterocycles. The molecule has 0 saturated carbocycles. The van der Waals surface area contributed by atoms with Gasteiger partial charge in [-0.15, -0.1) is 0 Å². The first-order valence-electron chi connectivity index (χ1n) is 26.5. The third kappa shape index (κ3) is 31.4. The zero-order valence-electron chi connectivity index (χ0n) is 43.6. The Bertz CT molecular complexity index is 2010. The molecule has 9 atom stereocenters. The number of nitrogen functional groups attached to an aromatic ring is 1. The van der Waals surface area contributed by atoms with E-state index in [4.69, 9.17) is 29.0 Å². The van der Waals surface area contributed by atoms with Crippen molar-refractivity contribution in [1.29, 1.82) is 0 Å². The number of rotatable bonds is 43. The second kappa shape index (κ2) is 39.7. The van der Waals surface area contributed by atoms with Crippen molar-refractivity contribution in [3.05, 3.63) is 83.5 Å². The van der Waals surface area contributed by atoms with Crippen LogP contribution in [0.15, 0.2) is 77.8 Å². The van der Waals surface area contributed by atoms with Gasteiger partial charge in [0, 0.05) is 19.0 Å². The van der Waals surface area contributed by atoms with Crippen LogP contribution in [-0.2, 0) is 46.3 Å². The number of aromatic nitrogens is 2. The third-order valence-electron chi connectivity index (χ3n) is 11.8. The van der Waals surface area contributed by atoms with Gasteiger partial charge in [0.15, 0.2) is 12.3 Å². The molecule has 0 aliphatic carbocycles. The van der Waals surface area contributed by atoms with Gasteiger partial charge in [-0.05, 0) is 83.1 Å². The number of unbranched alkanes of at least 4 members (excludes halogenated alkanes) is 13. The van der Waals surface area contributed by atoms with Gasteiger partial charge in [-0.2, -0.15) is 9.29 Å². The lowest BCUT2D eigenvalue weighted by molar-refractivity contribution is -0.161. The quantitative estimate of drug-likeness (QED) is 0.0139. The molecule has 2 rings (SSSR count). The Kier molecular flexibility index (Phi) is 35.7. The number of esters is 2. The van der Waals surface area contributed by atoms with Crippen molar-refractivity contribution >= 4 is 33.4 Å². The Hall–Kier alpha value is -3.62. The number of carbonyl (C=O) groups excluding carboxylic acids is 2. The maximum Gasteiger partial charge on any atom is 0.481 e. The summed E-state index contributed by atoms with van der Waals surface area (Å²) in [5.41, 5.74) is 4.57. The molecule has 74 heavy (non-hydrogen) atoms. The van der Waals surface area contributed by atoms with Crippen LogP contribution in [0.3, 0.4) is 0 Å². The molecule has 1 aliphatic rings. The number of nitrogens with two attached hydrogens (primary N) is 1. The second-order valence-electron chi connectivity index (χ2n) is 18.3. The lowest BCUT2D eigenvalue weighted by atomic mass is 10.0. The first kappa shape index (κ1) is 66.5. The summed E-state index contributed by atoms with van der Waals surface area (Å²) in [5, 5.41) is 41.8. The van der Waals surface area contributed by atoms with E-state index in [1.807, 2.05) is 18.2 Å². The third-order valence-corrected chi connectivity index (χ3v) is 14.4. The summed E-state index contributed by atoms with van der Waals surface area (Å²) >= 11 is 0. The Morgan fingerprint density at radius 1 is 0.716 bits per heavy atom. The highest BCUT2D eigenvalue weighted by Gasteiger charge is 2.46. The molecule has 20 nitrogen and oxygen atoms in total. The minimum atomic E-state index is -5.49. The topological polar surface area (TPSA) is 306 Å². The van der Waals surface area contributed by atoms with E-state index in [0.717, 1.165) is 81.4 Å². The summed E-state index contributed by atoms with van der Waals surface area (Å²) in [5.74, 6) is -1.60. The van der Waals surface area contributed by atoms with E-state index in [9.17, 15) is 53.7 Å². The molecular weight excluding hydrogens is 1000 g/mol. The average Bonchev–Trinajstić information content (AvgIpc) is 3.63. The fraction of sp³-hybridized carbons (Fsp3) is 0.692. The molecule has 1 fully saturated rings. The summed E-state index contributed by atoms with van der Waals surface area (Å²) in [6, 6.07) is 1.23. The molecule has 22 heteroatoms. The Morgan fingerprint density at radius 2 is 1.27 bits per heavy atom. The molecule has 8 N–H and O–H groups in total. The summed E-state index contributed by atoms with van der Waals surface area (Å²) in [7, 11) is -11.0. The molecule has 422 valence electrons. The van der Waals surface area contributed by atoms with E-state index in [0.29, 0.717) is 12.8 Å². The lowest BCUT2D eigenvalue weighted by Crippen LogP contribution is -2.36. The van der Waals surface area contributed by atoms with E-state index in [1.165, 1.54) is 44.6 Å². The molecule has 0 spiro atoms. The molecule has 0 radical (unpaired) electrons. The van der Waals surface area contributed by atoms with Crippen LogP contribution >= 0.6 is 15.6 Å². The van der Waals surface area contributed by atoms with Crippen molar-refractivity contribution in [1.82, 2.24) is 9.55 Å². The standard InChI is InChI=1S/C52H87N3O17P2/c1-3-5-7-9-11-13-15-17-18-19-20-21-23-25-27-29-31-35-48(59)70-42(39-67-47(58)36-32-34-44(57)43(56)33-30-28-26-24-22-16-14-12-10-8-6-4-2)40-68-73(63,64)72-74(65,66)69-41-45-49(60)50(61)51(71-45)55-38-37-46(53)54-52(55)62/h6,8,12,14,17-18,22,24,28,30,37-38,42-45,49-51,56-57,60-61H,3-5,7,9-11,13,15-16,19-21,23,25-27,29,31-36,39-41H2,1-2H3,(H,63,64)(H,65,66)(H2,53,54,62)/b8-6-,14-12-,18-17-,24-22-,30-28-/t42-,43+,44+,45-,49-,50-,51-/m1/s1. The molecule has 0 amide bonds. The van der Waals surface area contributed by atoms with Gasteiger partial charge in [0.1, 0.15) is 30.7 Å². The van der Waals surface area contributed by atoms with Crippen LogP contribution in [0.2, 0.25) is 0 Å². The van der Waals surface area contributed by atoms with Crippen LogP contribution in [0.1, 0.15) is 174 Å². The Morgan fingerprint density at radius 3 is 1.88 bits per heavy atom. The molecule has 1 aromatic rings. The van der Waals surface area contributed by atoms with E-state index < -0.39 is 95.9 Å². The van der Waals surface area contributed by atoms with Crippen LogP contribution in [0.25, 0.3) is 0 Å². The van der Waals surface area contributed by atoms with Gasteiger partial charge < -0.3 is 50.2 Å². The summed E-state index contributed by atoms with van der Waals surface area (Å²) < 4.78 is 56.6. The summed E-state index contributed by atoms with van der Waals surface area (Å²) in [6.45, 7) is 1.75. The number of anilines is 1. The van der Waals surface area contributed by atoms with E-state index in [2.05, 4.69) is 59.6 Å². The number of phosphoric ester groups is 2. The minimum Gasteiger partial charge on any atom is -0.462 e. The normalized spacial score (nSPS) is 20.2. The van der Waals surface area contributed by atoms with Gasteiger partial charge in [-0.1, -0.05) is 139 Å². The molecule has 1 saturated heterocycles. The van der Waals surface area contributed by atoms with Crippen LogP contribution in [0.4, 0.5) is 5.82 Å². The van der Waals surface area contributed by atoms with Crippen molar-refractivity contribution in [2.24, 2.45) is 0 Å². The van der Waals surface area contributed by atoms with Crippen LogP contribution in [0, 0.1) is 0 Å². The molecule has 2 unspecified atom stereocenters. The van der Waals surface area contributed by atoms with Crippen molar-refractivity contribution in [2.45, 2.75) is 211 Å². The highest BCUT2D eigenvalue weighted by atomic mass is 31.3. The molecular formula is C52H87N3O17P2. The number of hydrogen-bond donors (Lipinski definition) is 7. The predicted molar refractivity (Wildman–Crippen MR) is 282 cm³/mol. The van der Waals surface area contributed by atoms with Crippen molar-refractivity contribution in [2.75, 3.05) is 25.6 Å². The van der Waals surface area contributed by atoms with Gasteiger partial charge in [0.05, 0.1) is 25.4 Å². The smallest absolute Gasteiger partial charge is 0.462 e. The van der Waals surface area contributed by atoms with Crippen molar-refractivity contribution in [3.8, 4) is 0 Å². The van der Waals surface area contributed by atoms with E-state index in [-0.39, 0.29) is 37.9 Å². The predicted octanol–water partition coefficient (Wildman–Crippen LogP) is 9.06. The van der Waals surface area contributed by atoms with Crippen LogP contribution in [0.5, 0.6) is 0 Å². The SMILES string of the molecule is CC/C=C\C/C=C\C/C=C\C/C=C\C[C@H](O)[C@@H](O)CCCC(=O)OC[C@H](COP(=O)(O)OP(=O)(O)OC[C@H]1O[C@@H](n2ccc(N)nc2=O)[C@H](O)[C@@H]1O)OC(=O)CCCCCCCCC/C=C\CCCCCCCC. The Balaban J connectivity index is 1.85. The number of hydrogen-bond acceptors (Lipinski definition) is 17. The molecule has 0 aromatic carbocycles. The zero-order chi connectivity index (χ0) is 54.5. The number of aliphatic hydroxyl groups is 4. The van der Waals surface area contributed by atoms with E-state index >= 15 is 0 Å². The largest absolute Gasteiger partial charge is 0.481 e. The van der Waals surface area contributed by atoms with Crippen molar-refractivity contribution < 1.29 is 76.5 Å². The van der Waals surface area contributed by atoms with Gasteiger partial charge in [0.2, 0.25) is 0 Å². The zero-order valence-corrected chi connectivity index (χ0v) is 45.4. The van der Waals surface area contributed by atoms with Crippen molar-refractivity contribution in [3.63, 3.8) is 0 Å². The second-order valence-corrected chi connectivity index (χ2v) is 21.3. The average molecular weight is 1090 g/mol. The number of allylic oxidation sites excluding steroid dienone is 9. The van der Waals surface area contributed by atoms with Crippen LogP contribution in [-0.4, -0.2) is 108 Å². The molecule has 1 aliphatic heterocycles. The van der Waals surface area contributed by atoms with Gasteiger partial charge >= 0.3 is 33.3 Å². The van der Waals surface area contributed by atoms with E-state index in [1.54, 1.807) is 6.08 Å². The number of phosphoric acid groups is 2. The highest BCUT2D eigenvalue weighted by molar-refractivity contribution is 7.61. The van der Waals surface area contributed by atoms with Crippen LogP contribution < -0.4 is 11.4 Å². The minimum absolute atomic E-state index is 0.0178. The number of ether oxygens (including phenoxy) is 3. The number of carbonyl (C=O) groups is 2. The maximum absolute atomic E-state index is 12.9. The number of nitrogens with zero attached hydrogens (tertiary/aromatic N) is 2. The lowest BCUT2D eigenvalue weighted by Gasteiger charge is -2.21. The Labute approximate surface area is 438 Å². The van der Waals surface area contributed by atoms with Gasteiger partial charge in [-0.3, -0.25) is 23.2 Å².